The summed E-state index contributed by atoms with van der Waals surface area (Å²) in [6, 6.07) is 4.62. The Morgan fingerprint density at radius 3 is 1.64 bits per heavy atom. The fourth-order valence-corrected chi connectivity index (χ4v) is 11.0. The van der Waals surface area contributed by atoms with Crippen LogP contribution in [0.2, 0.25) is 0 Å². The first-order chi connectivity index (χ1) is 16.1. The third kappa shape index (κ3) is 2.61. The van der Waals surface area contributed by atoms with E-state index in [1.54, 1.807) is 14.2 Å². The molecule has 0 saturated heterocycles. The molecule has 0 N–H and O–H groups in total. The maximum atomic E-state index is 5.83. The van der Waals surface area contributed by atoms with Gasteiger partial charge in [-0.15, -0.1) is 0 Å². The van der Waals surface area contributed by atoms with Gasteiger partial charge in [0.2, 0.25) is 6.33 Å². The summed E-state index contributed by atoms with van der Waals surface area (Å²) in [5, 5.41) is 0. The Morgan fingerprint density at radius 1 is 0.697 bits per heavy atom. The zero-order chi connectivity index (χ0) is 21.9. The zero-order valence-corrected chi connectivity index (χ0v) is 20.4. The van der Waals surface area contributed by atoms with E-state index in [0.717, 1.165) is 47.0 Å². The molecule has 4 heteroatoms. The minimum atomic E-state index is 0.320. The Kier molecular flexibility index (Phi) is 3.85. The lowest BCUT2D eigenvalue weighted by Gasteiger charge is -2.55. The van der Waals surface area contributed by atoms with Gasteiger partial charge in [0.15, 0.2) is 22.5 Å². The Hall–Kier alpha value is -1.71. The molecule has 176 valence electrons. The van der Waals surface area contributed by atoms with E-state index in [1.165, 1.54) is 88.1 Å². The summed E-state index contributed by atoms with van der Waals surface area (Å²) in [5.41, 5.74) is 3.43. The lowest BCUT2D eigenvalue weighted by atomic mass is 9.52. The predicted molar refractivity (Wildman–Crippen MR) is 128 cm³/mol. The molecule has 8 saturated carbocycles. The van der Waals surface area contributed by atoms with Crippen molar-refractivity contribution < 1.29 is 14.0 Å². The smallest absolute Gasteiger partial charge is 0.245 e. The van der Waals surface area contributed by atoms with Crippen LogP contribution >= 0.6 is 0 Å². The van der Waals surface area contributed by atoms with Gasteiger partial charge in [0.25, 0.3) is 0 Å². The number of ether oxygens (including phenoxy) is 2. The standard InChI is InChI=1S/C29H39N2O2/c1-32-26-9-24-25(10-27(26)33-2)31(29-14-21-6-22(15-29)8-23(7-21)16-29)17-30(24)28-11-18-3-19(12-28)5-20(4-18)13-28/h9-10,17-23H,3-8,11-16H2,1-2H3/q+1. The van der Waals surface area contributed by atoms with Crippen molar-refractivity contribution in [2.24, 2.45) is 35.5 Å². The number of hydrogen-bond acceptors (Lipinski definition) is 2. The number of imidazole rings is 1. The van der Waals surface area contributed by atoms with Gasteiger partial charge in [-0.3, -0.25) is 0 Å². The maximum absolute atomic E-state index is 5.83. The van der Waals surface area contributed by atoms with Crippen molar-refractivity contribution in [3.63, 3.8) is 0 Å². The first-order valence-corrected chi connectivity index (χ1v) is 13.8. The van der Waals surface area contributed by atoms with E-state index in [2.05, 4.69) is 27.6 Å². The first kappa shape index (κ1) is 19.6. The van der Waals surface area contributed by atoms with Gasteiger partial charge in [0, 0.05) is 12.1 Å². The van der Waals surface area contributed by atoms with E-state index in [0.29, 0.717) is 11.1 Å². The van der Waals surface area contributed by atoms with Crippen molar-refractivity contribution in [2.45, 2.75) is 88.1 Å². The van der Waals surface area contributed by atoms with Crippen LogP contribution in [0.15, 0.2) is 18.5 Å². The Morgan fingerprint density at radius 2 is 1.15 bits per heavy atom. The molecular weight excluding hydrogens is 408 g/mol. The van der Waals surface area contributed by atoms with Gasteiger partial charge < -0.3 is 9.47 Å². The quantitative estimate of drug-likeness (QED) is 0.554. The lowest BCUT2D eigenvalue weighted by Crippen LogP contribution is -2.64. The van der Waals surface area contributed by atoms with Gasteiger partial charge in [0.1, 0.15) is 11.1 Å². The fraction of sp³-hybridized carbons (Fsp3) is 0.759. The summed E-state index contributed by atoms with van der Waals surface area (Å²) >= 11 is 0. The van der Waals surface area contributed by atoms with Crippen molar-refractivity contribution in [3.8, 4) is 11.5 Å². The number of aromatic nitrogens is 2. The molecule has 1 heterocycles. The summed E-state index contributed by atoms with van der Waals surface area (Å²) in [6.07, 6.45) is 19.9. The maximum Gasteiger partial charge on any atom is 0.245 e. The van der Waals surface area contributed by atoms with Gasteiger partial charge in [-0.1, -0.05) is 0 Å². The topological polar surface area (TPSA) is 27.3 Å². The molecule has 4 nitrogen and oxygen atoms in total. The number of nitrogens with zero attached hydrogens (tertiary/aromatic N) is 2. The second-order valence-corrected chi connectivity index (χ2v) is 13.3. The molecule has 8 bridgehead atoms. The van der Waals surface area contributed by atoms with E-state index >= 15 is 0 Å². The second kappa shape index (κ2) is 6.49. The molecule has 0 aliphatic heterocycles. The molecular formula is C29H39N2O2+. The molecule has 8 aliphatic carbocycles. The zero-order valence-electron chi connectivity index (χ0n) is 20.4. The summed E-state index contributed by atoms with van der Waals surface area (Å²) in [4.78, 5) is 0. The van der Waals surface area contributed by atoms with Crippen LogP contribution in [0.5, 0.6) is 11.5 Å². The van der Waals surface area contributed by atoms with Gasteiger partial charge >= 0.3 is 0 Å². The van der Waals surface area contributed by atoms with Crippen molar-refractivity contribution in [3.05, 3.63) is 18.5 Å². The molecule has 8 fully saturated rings. The van der Waals surface area contributed by atoms with Gasteiger partial charge in [0.05, 0.1) is 14.2 Å². The van der Waals surface area contributed by atoms with Crippen LogP contribution in [0.1, 0.15) is 77.0 Å². The number of methoxy groups -OCH3 is 2. The highest BCUT2D eigenvalue weighted by molar-refractivity contribution is 5.77. The third-order valence-corrected chi connectivity index (χ3v) is 11.3. The van der Waals surface area contributed by atoms with E-state index in [-0.39, 0.29) is 0 Å². The fourth-order valence-electron chi connectivity index (χ4n) is 11.0. The van der Waals surface area contributed by atoms with Gasteiger partial charge in [-0.25, -0.2) is 9.13 Å². The van der Waals surface area contributed by atoms with E-state index in [9.17, 15) is 0 Å². The van der Waals surface area contributed by atoms with E-state index in [4.69, 9.17) is 9.47 Å². The molecule has 0 amide bonds. The highest BCUT2D eigenvalue weighted by atomic mass is 16.5. The normalized spacial score (nSPS) is 44.7. The van der Waals surface area contributed by atoms with Gasteiger partial charge in [-0.05, 0) is 113 Å². The molecule has 33 heavy (non-hydrogen) atoms. The minimum Gasteiger partial charge on any atom is -0.493 e. The number of benzene rings is 1. The predicted octanol–water partition coefficient (Wildman–Crippen LogP) is 5.80. The molecule has 0 atom stereocenters. The third-order valence-electron chi connectivity index (χ3n) is 11.3. The average Bonchev–Trinajstić information content (AvgIpc) is 3.16. The molecule has 8 aliphatic rings. The van der Waals surface area contributed by atoms with Crippen molar-refractivity contribution >= 4 is 11.0 Å². The molecule has 10 rings (SSSR count). The van der Waals surface area contributed by atoms with Gasteiger partial charge in [-0.2, -0.15) is 0 Å². The van der Waals surface area contributed by atoms with Crippen molar-refractivity contribution in [1.82, 2.24) is 4.57 Å². The summed E-state index contributed by atoms with van der Waals surface area (Å²) in [5.74, 6) is 7.44. The van der Waals surface area contributed by atoms with Crippen LogP contribution in [0, 0.1) is 35.5 Å². The lowest BCUT2D eigenvalue weighted by molar-refractivity contribution is -0.755. The highest BCUT2D eigenvalue weighted by Gasteiger charge is 2.58. The Bertz CT molecular complexity index is 974. The van der Waals surface area contributed by atoms with Crippen LogP contribution in [0.25, 0.3) is 11.0 Å². The number of fused-ring (bicyclic) bond motifs is 1. The highest BCUT2D eigenvalue weighted by Crippen LogP contribution is 2.60. The van der Waals surface area contributed by atoms with Crippen LogP contribution in [0.3, 0.4) is 0 Å². The largest absolute Gasteiger partial charge is 0.493 e. The monoisotopic (exact) mass is 447 g/mol. The SMILES string of the molecule is COc1cc2c(cc1OC)[n+](C13CC4CC(CC(C4)C1)C3)cn2C12CC3CC(CC(C3)C1)C2. The summed E-state index contributed by atoms with van der Waals surface area (Å²) in [7, 11) is 3.57. The molecule has 0 spiro atoms. The van der Waals surface area contributed by atoms with E-state index < -0.39 is 0 Å². The second-order valence-electron chi connectivity index (χ2n) is 13.3. The van der Waals surface area contributed by atoms with E-state index in [1.807, 2.05) is 0 Å². The molecule has 1 aromatic heterocycles. The Balaban J connectivity index is 1.35. The molecule has 0 unspecified atom stereocenters. The number of hydrogen-bond donors (Lipinski definition) is 0. The summed E-state index contributed by atoms with van der Waals surface area (Å²) < 4.78 is 17.2. The van der Waals surface area contributed by atoms with Crippen LogP contribution in [-0.2, 0) is 11.1 Å². The first-order valence-electron chi connectivity index (χ1n) is 13.8. The average molecular weight is 448 g/mol. The Labute approximate surface area is 197 Å². The summed E-state index contributed by atoms with van der Waals surface area (Å²) in [6.45, 7) is 0. The number of rotatable bonds is 4. The van der Waals surface area contributed by atoms with Crippen LogP contribution in [0.4, 0.5) is 0 Å². The molecule has 1 aromatic carbocycles. The van der Waals surface area contributed by atoms with Crippen molar-refractivity contribution in [2.75, 3.05) is 14.2 Å². The molecule has 2 aromatic rings. The molecule has 0 radical (unpaired) electrons. The van der Waals surface area contributed by atoms with Crippen LogP contribution < -0.4 is 14.0 Å². The van der Waals surface area contributed by atoms with Crippen LogP contribution in [-0.4, -0.2) is 18.8 Å². The minimum absolute atomic E-state index is 0.320. The van der Waals surface area contributed by atoms with Crippen molar-refractivity contribution in [1.29, 1.82) is 0 Å².